The zero-order valence-electron chi connectivity index (χ0n) is 14.3. The molecule has 2 aromatic rings. The Morgan fingerprint density at radius 2 is 2.04 bits per heavy atom. The summed E-state index contributed by atoms with van der Waals surface area (Å²) in [7, 11) is 0. The number of carbonyl (C=O) groups excluding carboxylic acids is 1. The molecule has 0 spiro atoms. The van der Waals surface area contributed by atoms with Crippen LogP contribution in [0.2, 0.25) is 0 Å². The lowest BCUT2D eigenvalue weighted by Gasteiger charge is -2.28. The summed E-state index contributed by atoms with van der Waals surface area (Å²) in [5.41, 5.74) is 3.01. The molecular weight excluding hydrogens is 300 g/mol. The molecule has 126 valence electrons. The maximum atomic E-state index is 12.8. The molecule has 5 heteroatoms. The number of amides is 1. The van der Waals surface area contributed by atoms with Crippen molar-refractivity contribution in [3.05, 3.63) is 53.5 Å². The topological polar surface area (TPSA) is 58.1 Å². The van der Waals surface area contributed by atoms with E-state index in [2.05, 4.69) is 47.3 Å². The van der Waals surface area contributed by atoms with Gasteiger partial charge in [0.25, 0.3) is 5.91 Å². The van der Waals surface area contributed by atoms with Gasteiger partial charge in [0.2, 0.25) is 0 Å². The van der Waals surface area contributed by atoms with E-state index in [1.165, 1.54) is 17.5 Å². The summed E-state index contributed by atoms with van der Waals surface area (Å²) in [6.07, 6.45) is 3.42. The van der Waals surface area contributed by atoms with Crippen LogP contribution >= 0.6 is 0 Å². The summed E-state index contributed by atoms with van der Waals surface area (Å²) < 4.78 is 0. The van der Waals surface area contributed by atoms with Crippen LogP contribution in [0, 0.1) is 5.92 Å². The van der Waals surface area contributed by atoms with Crippen molar-refractivity contribution in [2.75, 3.05) is 18.4 Å². The van der Waals surface area contributed by atoms with E-state index >= 15 is 0 Å². The molecule has 0 aliphatic carbocycles. The minimum Gasteiger partial charge on any atom is -0.370 e. The number of anilines is 1. The van der Waals surface area contributed by atoms with Gasteiger partial charge < -0.3 is 10.2 Å². The average Bonchev–Trinajstić information content (AvgIpc) is 2.60. The number of hydrogen-bond donors (Lipinski definition) is 1. The van der Waals surface area contributed by atoms with E-state index in [1.807, 2.05) is 11.0 Å². The average molecular weight is 324 g/mol. The highest BCUT2D eigenvalue weighted by Gasteiger charge is 2.22. The Bertz CT molecular complexity index is 714. The number of benzene rings is 1. The fourth-order valence-corrected chi connectivity index (χ4v) is 2.89. The van der Waals surface area contributed by atoms with Gasteiger partial charge in [0.15, 0.2) is 0 Å². The minimum atomic E-state index is -0.0289. The molecule has 2 heterocycles. The molecule has 1 aromatic heterocycles. The summed E-state index contributed by atoms with van der Waals surface area (Å²) in [5.74, 6) is 1.32. The van der Waals surface area contributed by atoms with Crippen molar-refractivity contribution in [3.63, 3.8) is 0 Å². The fourth-order valence-electron chi connectivity index (χ4n) is 2.89. The number of nitrogens with one attached hydrogen (secondary N) is 1. The highest BCUT2D eigenvalue weighted by atomic mass is 16.2. The molecule has 1 N–H and O–H groups in total. The van der Waals surface area contributed by atoms with Gasteiger partial charge in [-0.1, -0.05) is 38.1 Å². The van der Waals surface area contributed by atoms with Crippen LogP contribution in [0.1, 0.15) is 41.9 Å². The van der Waals surface area contributed by atoms with E-state index in [4.69, 9.17) is 0 Å². The Hall–Kier alpha value is -2.43. The van der Waals surface area contributed by atoms with E-state index in [1.54, 1.807) is 6.07 Å². The SMILES string of the molecule is CC(C)CCNc1cc(C(=O)N2CCc3ccccc3C2)ncn1. The third-order valence-corrected chi connectivity index (χ3v) is 4.33. The number of nitrogens with zero attached hydrogens (tertiary/aromatic N) is 3. The van der Waals surface area contributed by atoms with Gasteiger partial charge in [0, 0.05) is 25.7 Å². The number of rotatable bonds is 5. The van der Waals surface area contributed by atoms with E-state index < -0.39 is 0 Å². The maximum absolute atomic E-state index is 12.8. The Labute approximate surface area is 143 Å². The van der Waals surface area contributed by atoms with Crippen LogP contribution in [-0.4, -0.2) is 33.9 Å². The summed E-state index contributed by atoms with van der Waals surface area (Å²) in [4.78, 5) is 23.0. The predicted octanol–water partition coefficient (Wildman–Crippen LogP) is 3.13. The van der Waals surface area contributed by atoms with Crippen molar-refractivity contribution in [3.8, 4) is 0 Å². The molecule has 5 nitrogen and oxygen atoms in total. The van der Waals surface area contributed by atoms with Crippen LogP contribution in [-0.2, 0) is 13.0 Å². The van der Waals surface area contributed by atoms with E-state index in [0.29, 0.717) is 24.0 Å². The summed E-state index contributed by atoms with van der Waals surface area (Å²) in [6, 6.07) is 10.1. The molecule has 0 bridgehead atoms. The quantitative estimate of drug-likeness (QED) is 0.918. The van der Waals surface area contributed by atoms with Crippen molar-refractivity contribution in [2.45, 2.75) is 33.2 Å². The molecule has 1 amide bonds. The van der Waals surface area contributed by atoms with E-state index in [0.717, 1.165) is 25.9 Å². The molecule has 3 rings (SSSR count). The molecular formula is C19H24N4O. The van der Waals surface area contributed by atoms with Gasteiger partial charge in [-0.2, -0.15) is 0 Å². The van der Waals surface area contributed by atoms with Crippen LogP contribution in [0.15, 0.2) is 36.7 Å². The van der Waals surface area contributed by atoms with Crippen molar-refractivity contribution in [2.24, 2.45) is 5.92 Å². The largest absolute Gasteiger partial charge is 0.370 e. The van der Waals surface area contributed by atoms with E-state index in [9.17, 15) is 4.79 Å². The third-order valence-electron chi connectivity index (χ3n) is 4.33. The predicted molar refractivity (Wildman–Crippen MR) is 94.9 cm³/mol. The van der Waals surface area contributed by atoms with Gasteiger partial charge in [-0.3, -0.25) is 4.79 Å². The molecule has 1 aliphatic rings. The van der Waals surface area contributed by atoms with Gasteiger partial charge in [0.1, 0.15) is 17.8 Å². The second kappa shape index (κ2) is 7.43. The Balaban J connectivity index is 1.67. The molecule has 0 fully saturated rings. The molecule has 0 unspecified atom stereocenters. The van der Waals surface area contributed by atoms with Crippen molar-refractivity contribution < 1.29 is 4.79 Å². The van der Waals surface area contributed by atoms with E-state index in [-0.39, 0.29) is 5.91 Å². The summed E-state index contributed by atoms with van der Waals surface area (Å²) in [6.45, 7) is 6.60. The summed E-state index contributed by atoms with van der Waals surface area (Å²) >= 11 is 0. The van der Waals surface area contributed by atoms with Crippen LogP contribution in [0.3, 0.4) is 0 Å². The van der Waals surface area contributed by atoms with Crippen LogP contribution in [0.4, 0.5) is 5.82 Å². The van der Waals surface area contributed by atoms with Crippen molar-refractivity contribution in [1.82, 2.24) is 14.9 Å². The lowest BCUT2D eigenvalue weighted by Crippen LogP contribution is -2.36. The van der Waals surface area contributed by atoms with Gasteiger partial charge in [0.05, 0.1) is 0 Å². The number of fused-ring (bicyclic) bond motifs is 1. The van der Waals surface area contributed by atoms with Gasteiger partial charge in [-0.25, -0.2) is 9.97 Å². The maximum Gasteiger partial charge on any atom is 0.272 e. The number of hydrogen-bond acceptors (Lipinski definition) is 4. The smallest absolute Gasteiger partial charge is 0.272 e. The zero-order chi connectivity index (χ0) is 16.9. The lowest BCUT2D eigenvalue weighted by molar-refractivity contribution is 0.0728. The molecule has 0 saturated heterocycles. The molecule has 0 radical (unpaired) electrons. The highest BCUT2D eigenvalue weighted by Crippen LogP contribution is 2.20. The molecule has 0 atom stereocenters. The van der Waals surface area contributed by atoms with Gasteiger partial charge in [-0.05, 0) is 29.9 Å². The second-order valence-electron chi connectivity index (χ2n) is 6.64. The first kappa shape index (κ1) is 16.4. The minimum absolute atomic E-state index is 0.0289. The Morgan fingerprint density at radius 1 is 1.25 bits per heavy atom. The second-order valence-corrected chi connectivity index (χ2v) is 6.64. The zero-order valence-corrected chi connectivity index (χ0v) is 14.3. The molecule has 1 aliphatic heterocycles. The van der Waals surface area contributed by atoms with Crippen molar-refractivity contribution >= 4 is 11.7 Å². The first-order valence-electron chi connectivity index (χ1n) is 8.55. The molecule has 0 saturated carbocycles. The van der Waals surface area contributed by atoms with Crippen LogP contribution in [0.25, 0.3) is 0 Å². The highest BCUT2D eigenvalue weighted by molar-refractivity contribution is 5.93. The summed E-state index contributed by atoms with van der Waals surface area (Å²) in [5, 5.41) is 3.27. The first-order valence-corrected chi connectivity index (χ1v) is 8.55. The first-order chi connectivity index (χ1) is 11.6. The third kappa shape index (κ3) is 3.91. The Kier molecular flexibility index (Phi) is 5.08. The number of aromatic nitrogens is 2. The van der Waals surface area contributed by atoms with Gasteiger partial charge in [-0.15, -0.1) is 0 Å². The van der Waals surface area contributed by atoms with Crippen LogP contribution < -0.4 is 5.32 Å². The standard InChI is InChI=1S/C19H24N4O/c1-14(2)7-9-20-18-11-17(21-13-22-18)19(24)23-10-8-15-5-3-4-6-16(15)12-23/h3-6,11,13-14H,7-10,12H2,1-2H3,(H,20,21,22). The Morgan fingerprint density at radius 3 is 2.83 bits per heavy atom. The number of carbonyl (C=O) groups is 1. The molecule has 1 aromatic carbocycles. The monoisotopic (exact) mass is 324 g/mol. The van der Waals surface area contributed by atoms with Gasteiger partial charge >= 0.3 is 0 Å². The lowest BCUT2D eigenvalue weighted by atomic mass is 10.00. The normalized spacial score (nSPS) is 13.7. The van der Waals surface area contributed by atoms with Crippen LogP contribution in [0.5, 0.6) is 0 Å². The molecule has 24 heavy (non-hydrogen) atoms. The fraction of sp³-hybridized carbons (Fsp3) is 0.421. The van der Waals surface area contributed by atoms with Crippen molar-refractivity contribution in [1.29, 1.82) is 0 Å².